The SMILES string of the molecule is Cn1cc(Nc2ncc(F)c(NCc3c(F)c(F)cc(F)c3F)n2)cn1. The van der Waals surface area contributed by atoms with Crippen molar-refractivity contribution in [3.63, 3.8) is 0 Å². The molecule has 2 heterocycles. The fourth-order valence-corrected chi connectivity index (χ4v) is 2.12. The van der Waals surface area contributed by atoms with Gasteiger partial charge in [0.2, 0.25) is 5.95 Å². The number of nitrogens with zero attached hydrogens (tertiary/aromatic N) is 4. The molecule has 6 nitrogen and oxygen atoms in total. The highest BCUT2D eigenvalue weighted by atomic mass is 19.2. The molecule has 11 heteroatoms. The van der Waals surface area contributed by atoms with E-state index >= 15 is 0 Å². The summed E-state index contributed by atoms with van der Waals surface area (Å²) >= 11 is 0. The molecule has 136 valence electrons. The van der Waals surface area contributed by atoms with Gasteiger partial charge in [-0.2, -0.15) is 10.1 Å². The Kier molecular flexibility index (Phi) is 4.69. The largest absolute Gasteiger partial charge is 0.363 e. The van der Waals surface area contributed by atoms with E-state index in [1.165, 1.54) is 10.9 Å². The molecule has 0 unspecified atom stereocenters. The smallest absolute Gasteiger partial charge is 0.229 e. The second kappa shape index (κ2) is 6.94. The van der Waals surface area contributed by atoms with Crippen LogP contribution in [0.5, 0.6) is 0 Å². The van der Waals surface area contributed by atoms with Crippen molar-refractivity contribution in [2.75, 3.05) is 10.6 Å². The second-order valence-electron chi connectivity index (χ2n) is 5.22. The highest BCUT2D eigenvalue weighted by molar-refractivity contribution is 5.52. The molecule has 3 aromatic rings. The molecule has 0 atom stereocenters. The van der Waals surface area contributed by atoms with Crippen molar-refractivity contribution in [1.82, 2.24) is 19.7 Å². The van der Waals surface area contributed by atoms with Gasteiger partial charge < -0.3 is 10.6 Å². The van der Waals surface area contributed by atoms with E-state index in [9.17, 15) is 22.0 Å². The lowest BCUT2D eigenvalue weighted by atomic mass is 10.2. The summed E-state index contributed by atoms with van der Waals surface area (Å²) in [6, 6.07) is 0.0926. The van der Waals surface area contributed by atoms with Crippen LogP contribution in [0.25, 0.3) is 0 Å². The topological polar surface area (TPSA) is 67.7 Å². The van der Waals surface area contributed by atoms with E-state index in [-0.39, 0.29) is 12.0 Å². The maximum atomic E-state index is 13.8. The summed E-state index contributed by atoms with van der Waals surface area (Å²) in [6.07, 6.45) is 3.91. The van der Waals surface area contributed by atoms with Crippen molar-refractivity contribution in [3.8, 4) is 0 Å². The zero-order valence-corrected chi connectivity index (χ0v) is 13.2. The Balaban J connectivity index is 1.81. The molecule has 0 aliphatic carbocycles. The van der Waals surface area contributed by atoms with Crippen LogP contribution in [0.15, 0.2) is 24.7 Å². The Morgan fingerprint density at radius 3 is 2.31 bits per heavy atom. The van der Waals surface area contributed by atoms with Crippen LogP contribution in [0.3, 0.4) is 0 Å². The molecule has 0 spiro atoms. The molecule has 1 aromatic carbocycles. The third-order valence-electron chi connectivity index (χ3n) is 3.34. The molecule has 0 aliphatic heterocycles. The van der Waals surface area contributed by atoms with Crippen molar-refractivity contribution in [2.45, 2.75) is 6.54 Å². The lowest BCUT2D eigenvalue weighted by Gasteiger charge is -2.10. The number of aryl methyl sites for hydroxylation is 1. The first-order valence-electron chi connectivity index (χ1n) is 7.19. The van der Waals surface area contributed by atoms with Crippen LogP contribution in [0.1, 0.15) is 5.56 Å². The number of anilines is 3. The molecule has 2 aromatic heterocycles. The Bertz CT molecular complexity index is 932. The van der Waals surface area contributed by atoms with E-state index < -0.39 is 47.0 Å². The van der Waals surface area contributed by atoms with Gasteiger partial charge in [-0.05, 0) is 0 Å². The Labute approximate surface area is 143 Å². The van der Waals surface area contributed by atoms with Crippen LogP contribution in [0, 0.1) is 29.1 Å². The van der Waals surface area contributed by atoms with Crippen LogP contribution in [0.4, 0.5) is 39.4 Å². The first-order chi connectivity index (χ1) is 12.3. The molecule has 0 aliphatic rings. The summed E-state index contributed by atoms with van der Waals surface area (Å²) in [7, 11) is 1.69. The number of hydrogen-bond donors (Lipinski definition) is 2. The van der Waals surface area contributed by atoms with E-state index in [0.717, 1.165) is 6.20 Å². The predicted octanol–water partition coefficient (Wildman–Crippen LogP) is 3.26. The lowest BCUT2D eigenvalue weighted by molar-refractivity contribution is 0.440. The Hall–Kier alpha value is -3.24. The Morgan fingerprint density at radius 1 is 1.00 bits per heavy atom. The molecule has 0 radical (unpaired) electrons. The van der Waals surface area contributed by atoms with Gasteiger partial charge >= 0.3 is 0 Å². The van der Waals surface area contributed by atoms with Gasteiger partial charge in [-0.3, -0.25) is 4.68 Å². The van der Waals surface area contributed by atoms with Gasteiger partial charge in [-0.25, -0.2) is 26.9 Å². The predicted molar refractivity (Wildman–Crippen MR) is 82.1 cm³/mol. The third kappa shape index (κ3) is 3.55. The number of benzene rings is 1. The number of hydrogen-bond acceptors (Lipinski definition) is 5. The van der Waals surface area contributed by atoms with Crippen LogP contribution in [-0.2, 0) is 13.6 Å². The van der Waals surface area contributed by atoms with E-state index in [0.29, 0.717) is 5.69 Å². The summed E-state index contributed by atoms with van der Waals surface area (Å²) in [6.45, 7) is -0.730. The minimum Gasteiger partial charge on any atom is -0.363 e. The molecule has 0 bridgehead atoms. The van der Waals surface area contributed by atoms with Crippen LogP contribution in [0.2, 0.25) is 0 Å². The van der Waals surface area contributed by atoms with Gasteiger partial charge in [0, 0.05) is 31.4 Å². The molecular weight excluding hydrogens is 359 g/mol. The average Bonchev–Trinajstić information content (AvgIpc) is 3.00. The number of aromatic nitrogens is 4. The second-order valence-corrected chi connectivity index (χ2v) is 5.22. The first kappa shape index (κ1) is 17.6. The van der Waals surface area contributed by atoms with Gasteiger partial charge in [0.15, 0.2) is 34.9 Å². The van der Waals surface area contributed by atoms with Crippen LogP contribution in [-0.4, -0.2) is 19.7 Å². The molecule has 0 saturated heterocycles. The lowest BCUT2D eigenvalue weighted by Crippen LogP contribution is -2.11. The van der Waals surface area contributed by atoms with E-state index in [2.05, 4.69) is 25.7 Å². The fraction of sp³-hybridized carbons (Fsp3) is 0.133. The van der Waals surface area contributed by atoms with E-state index in [1.54, 1.807) is 13.2 Å². The molecule has 0 amide bonds. The van der Waals surface area contributed by atoms with Gasteiger partial charge in [0.1, 0.15) is 0 Å². The molecule has 0 fully saturated rings. The highest BCUT2D eigenvalue weighted by Gasteiger charge is 2.19. The van der Waals surface area contributed by atoms with E-state index in [1.807, 2.05) is 0 Å². The van der Waals surface area contributed by atoms with Gasteiger partial charge in [-0.15, -0.1) is 0 Å². The highest BCUT2D eigenvalue weighted by Crippen LogP contribution is 2.21. The van der Waals surface area contributed by atoms with Gasteiger partial charge in [-0.1, -0.05) is 0 Å². The monoisotopic (exact) mass is 370 g/mol. The Morgan fingerprint density at radius 2 is 1.69 bits per heavy atom. The maximum Gasteiger partial charge on any atom is 0.229 e. The minimum atomic E-state index is -1.57. The first-order valence-corrected chi connectivity index (χ1v) is 7.19. The summed E-state index contributed by atoms with van der Waals surface area (Å²) in [5.41, 5.74) is -0.392. The van der Waals surface area contributed by atoms with Crippen LogP contribution < -0.4 is 10.6 Å². The molecule has 0 saturated carbocycles. The summed E-state index contributed by atoms with van der Waals surface area (Å²) < 4.78 is 69.0. The quantitative estimate of drug-likeness (QED) is 0.533. The van der Waals surface area contributed by atoms with Gasteiger partial charge in [0.25, 0.3) is 0 Å². The van der Waals surface area contributed by atoms with Crippen molar-refractivity contribution in [3.05, 3.63) is 59.3 Å². The summed E-state index contributed by atoms with van der Waals surface area (Å²) in [5, 5.41) is 8.97. The van der Waals surface area contributed by atoms with Crippen LogP contribution >= 0.6 is 0 Å². The summed E-state index contributed by atoms with van der Waals surface area (Å²) in [4.78, 5) is 7.54. The van der Waals surface area contributed by atoms with Crippen molar-refractivity contribution >= 4 is 17.5 Å². The minimum absolute atomic E-state index is 0.0201. The standard InChI is InChI=1S/C15H11F5N6/c1-26-6-7(3-23-26)24-15-22-5-11(18)14(25-15)21-4-8-12(19)9(16)2-10(17)13(8)20/h2-3,5-6H,4H2,1H3,(H2,21,22,24,25). The average molecular weight is 370 g/mol. The van der Waals surface area contributed by atoms with E-state index in [4.69, 9.17) is 0 Å². The number of rotatable bonds is 5. The zero-order chi connectivity index (χ0) is 18.8. The molecule has 26 heavy (non-hydrogen) atoms. The molecule has 3 rings (SSSR count). The molecular formula is C15H11F5N6. The normalized spacial score (nSPS) is 10.8. The fourth-order valence-electron chi connectivity index (χ4n) is 2.12. The van der Waals surface area contributed by atoms with Crippen molar-refractivity contribution in [2.24, 2.45) is 7.05 Å². The molecule has 2 N–H and O–H groups in total. The number of nitrogens with one attached hydrogen (secondary N) is 2. The zero-order valence-electron chi connectivity index (χ0n) is 13.2. The van der Waals surface area contributed by atoms with Crippen molar-refractivity contribution in [1.29, 1.82) is 0 Å². The van der Waals surface area contributed by atoms with Gasteiger partial charge in [0.05, 0.1) is 18.1 Å². The number of halogens is 5. The summed E-state index contributed by atoms with van der Waals surface area (Å²) in [5.74, 6) is -7.59. The third-order valence-corrected chi connectivity index (χ3v) is 3.34. The van der Waals surface area contributed by atoms with Crippen molar-refractivity contribution < 1.29 is 22.0 Å². The maximum absolute atomic E-state index is 13.8.